The number of hydrogen-bond donors (Lipinski definition) is 0. The van der Waals surface area contributed by atoms with Crippen LogP contribution in [0.25, 0.3) is 22.3 Å². The lowest BCUT2D eigenvalue weighted by Crippen LogP contribution is -2.47. The van der Waals surface area contributed by atoms with Crippen LogP contribution in [0.5, 0.6) is 11.5 Å². The van der Waals surface area contributed by atoms with E-state index in [-0.39, 0.29) is 0 Å². The van der Waals surface area contributed by atoms with Gasteiger partial charge in [0.1, 0.15) is 17.3 Å². The van der Waals surface area contributed by atoms with Crippen molar-refractivity contribution in [2.75, 3.05) is 49.7 Å². The number of piperazine rings is 1. The summed E-state index contributed by atoms with van der Waals surface area (Å²) >= 11 is 0. The normalized spacial score (nSPS) is 13.8. The molecule has 4 aromatic rings. The average Bonchev–Trinajstić information content (AvgIpc) is 2.91. The molecule has 0 N–H and O–H groups in total. The van der Waals surface area contributed by atoms with E-state index < -0.39 is 0 Å². The van der Waals surface area contributed by atoms with Crippen LogP contribution in [0.2, 0.25) is 0 Å². The lowest BCUT2D eigenvalue weighted by atomic mass is 10.1. The zero-order chi connectivity index (χ0) is 23.3. The molecule has 0 atom stereocenters. The van der Waals surface area contributed by atoms with Crippen LogP contribution in [0.1, 0.15) is 13.3 Å². The van der Waals surface area contributed by atoms with E-state index in [9.17, 15) is 0 Å². The van der Waals surface area contributed by atoms with Crippen LogP contribution in [-0.4, -0.2) is 49.9 Å². The first-order valence-electron chi connectivity index (χ1n) is 11.9. The molecule has 5 rings (SSSR count). The molecule has 0 spiro atoms. The molecule has 1 aliphatic heterocycles. The van der Waals surface area contributed by atoms with Gasteiger partial charge in [0.15, 0.2) is 5.82 Å². The number of hydrogen-bond acceptors (Lipinski definition) is 6. The summed E-state index contributed by atoms with van der Waals surface area (Å²) in [5.74, 6) is 3.52. The van der Waals surface area contributed by atoms with Gasteiger partial charge in [0.25, 0.3) is 0 Å². The van der Waals surface area contributed by atoms with E-state index in [4.69, 9.17) is 19.4 Å². The second-order valence-electron chi connectivity index (χ2n) is 8.41. The van der Waals surface area contributed by atoms with Crippen molar-refractivity contribution >= 4 is 22.4 Å². The number of nitrogens with zero attached hydrogens (tertiary/aromatic N) is 4. The maximum atomic E-state index is 5.74. The van der Waals surface area contributed by atoms with Gasteiger partial charge in [-0.3, -0.25) is 0 Å². The molecule has 0 bridgehead atoms. The van der Waals surface area contributed by atoms with Crippen molar-refractivity contribution in [2.45, 2.75) is 13.3 Å². The summed E-state index contributed by atoms with van der Waals surface area (Å²) in [6.07, 6.45) is 0.989. The number of aromatic nitrogens is 2. The van der Waals surface area contributed by atoms with Crippen molar-refractivity contribution in [3.8, 4) is 22.9 Å². The molecule has 174 valence electrons. The number of para-hydroxylation sites is 3. The number of ether oxygens (including phenoxy) is 2. The topological polar surface area (TPSA) is 50.7 Å². The van der Waals surface area contributed by atoms with E-state index in [0.717, 1.165) is 84.5 Å². The summed E-state index contributed by atoms with van der Waals surface area (Å²) in [4.78, 5) is 14.7. The fourth-order valence-electron chi connectivity index (χ4n) is 4.40. The van der Waals surface area contributed by atoms with Gasteiger partial charge in [-0.25, -0.2) is 9.97 Å². The molecule has 3 aromatic carbocycles. The Morgan fingerprint density at radius 3 is 2.26 bits per heavy atom. The minimum absolute atomic E-state index is 0.719. The Bertz CT molecular complexity index is 1250. The van der Waals surface area contributed by atoms with Gasteiger partial charge in [0.2, 0.25) is 0 Å². The predicted molar refractivity (Wildman–Crippen MR) is 138 cm³/mol. The Morgan fingerprint density at radius 1 is 0.794 bits per heavy atom. The zero-order valence-corrected chi connectivity index (χ0v) is 19.8. The molecule has 1 aliphatic rings. The van der Waals surface area contributed by atoms with Gasteiger partial charge < -0.3 is 19.3 Å². The van der Waals surface area contributed by atoms with E-state index in [1.54, 1.807) is 7.11 Å². The van der Waals surface area contributed by atoms with Gasteiger partial charge >= 0.3 is 0 Å². The summed E-state index contributed by atoms with van der Waals surface area (Å²) in [5, 5.41) is 1.08. The third kappa shape index (κ3) is 4.49. The lowest BCUT2D eigenvalue weighted by Gasteiger charge is -2.37. The smallest absolute Gasteiger partial charge is 0.162 e. The Labute approximate surface area is 200 Å². The minimum Gasteiger partial charge on any atom is -0.495 e. The number of anilines is 2. The average molecular weight is 455 g/mol. The van der Waals surface area contributed by atoms with E-state index >= 15 is 0 Å². The first-order chi connectivity index (χ1) is 16.8. The third-order valence-electron chi connectivity index (χ3n) is 6.17. The third-order valence-corrected chi connectivity index (χ3v) is 6.17. The summed E-state index contributed by atoms with van der Waals surface area (Å²) in [5.41, 5.74) is 3.09. The Kier molecular flexibility index (Phi) is 6.47. The Hall–Kier alpha value is -3.80. The maximum absolute atomic E-state index is 5.74. The molecule has 6 heteroatoms. The largest absolute Gasteiger partial charge is 0.495 e. The molecule has 0 saturated carbocycles. The highest BCUT2D eigenvalue weighted by Gasteiger charge is 2.23. The van der Waals surface area contributed by atoms with E-state index in [1.807, 2.05) is 42.5 Å². The number of benzene rings is 3. The van der Waals surface area contributed by atoms with Gasteiger partial charge in [0.05, 0.1) is 24.9 Å². The summed E-state index contributed by atoms with van der Waals surface area (Å²) in [7, 11) is 1.73. The van der Waals surface area contributed by atoms with Crippen molar-refractivity contribution in [3.05, 3.63) is 72.8 Å². The van der Waals surface area contributed by atoms with Crippen LogP contribution in [0.4, 0.5) is 11.5 Å². The van der Waals surface area contributed by atoms with Crippen molar-refractivity contribution in [1.29, 1.82) is 0 Å². The van der Waals surface area contributed by atoms with Gasteiger partial charge in [-0.2, -0.15) is 0 Å². The van der Waals surface area contributed by atoms with Crippen LogP contribution in [-0.2, 0) is 0 Å². The van der Waals surface area contributed by atoms with Crippen molar-refractivity contribution < 1.29 is 9.47 Å². The number of fused-ring (bicyclic) bond motifs is 1. The molecule has 2 heterocycles. The second kappa shape index (κ2) is 10.00. The molecule has 34 heavy (non-hydrogen) atoms. The van der Waals surface area contributed by atoms with Crippen LogP contribution in [0.3, 0.4) is 0 Å². The highest BCUT2D eigenvalue weighted by Crippen LogP contribution is 2.32. The molecule has 6 nitrogen and oxygen atoms in total. The first kappa shape index (κ1) is 22.0. The monoisotopic (exact) mass is 454 g/mol. The highest BCUT2D eigenvalue weighted by molar-refractivity contribution is 5.91. The molecule has 1 saturated heterocycles. The fraction of sp³-hybridized carbons (Fsp3) is 0.286. The van der Waals surface area contributed by atoms with Crippen LogP contribution in [0, 0.1) is 0 Å². The zero-order valence-electron chi connectivity index (χ0n) is 19.8. The molecule has 0 radical (unpaired) electrons. The maximum Gasteiger partial charge on any atom is 0.162 e. The van der Waals surface area contributed by atoms with Gasteiger partial charge in [-0.05, 0) is 55.0 Å². The van der Waals surface area contributed by atoms with Gasteiger partial charge in [-0.15, -0.1) is 0 Å². The SMILES string of the molecule is CCCOc1ccc(-c2nc(N3CCN(c4ccccc4OC)CC3)c3ccccc3n2)cc1. The minimum atomic E-state index is 0.719. The molecule has 1 aromatic heterocycles. The highest BCUT2D eigenvalue weighted by atomic mass is 16.5. The van der Waals surface area contributed by atoms with E-state index in [2.05, 4.69) is 47.1 Å². The number of rotatable bonds is 7. The Balaban J connectivity index is 1.42. The molecule has 0 unspecified atom stereocenters. The number of methoxy groups -OCH3 is 1. The quantitative estimate of drug-likeness (QED) is 0.372. The second-order valence-corrected chi connectivity index (χ2v) is 8.41. The summed E-state index contributed by atoms with van der Waals surface area (Å²) in [6.45, 7) is 6.38. The Morgan fingerprint density at radius 2 is 1.50 bits per heavy atom. The molecule has 1 fully saturated rings. The molecular weight excluding hydrogens is 424 g/mol. The summed E-state index contributed by atoms with van der Waals surface area (Å²) < 4.78 is 11.3. The molecule has 0 aliphatic carbocycles. The van der Waals surface area contributed by atoms with Crippen molar-refractivity contribution in [2.24, 2.45) is 0 Å². The predicted octanol–water partition coefficient (Wildman–Crippen LogP) is 5.42. The van der Waals surface area contributed by atoms with Crippen LogP contribution in [0.15, 0.2) is 72.8 Å². The van der Waals surface area contributed by atoms with Crippen molar-refractivity contribution in [3.63, 3.8) is 0 Å². The van der Waals surface area contributed by atoms with E-state index in [1.165, 1.54) is 0 Å². The van der Waals surface area contributed by atoms with Crippen molar-refractivity contribution in [1.82, 2.24) is 9.97 Å². The summed E-state index contributed by atoms with van der Waals surface area (Å²) in [6, 6.07) is 24.6. The molecule has 0 amide bonds. The van der Waals surface area contributed by atoms with Gasteiger partial charge in [-0.1, -0.05) is 31.2 Å². The van der Waals surface area contributed by atoms with Crippen LogP contribution < -0.4 is 19.3 Å². The first-order valence-corrected chi connectivity index (χ1v) is 11.9. The molecular formula is C28H30N4O2. The van der Waals surface area contributed by atoms with Gasteiger partial charge in [0, 0.05) is 37.1 Å². The van der Waals surface area contributed by atoms with Crippen LogP contribution >= 0.6 is 0 Å². The lowest BCUT2D eigenvalue weighted by molar-refractivity contribution is 0.317. The fourth-order valence-corrected chi connectivity index (χ4v) is 4.40. The standard InChI is InChI=1S/C28H30N4O2/c1-3-20-34-22-14-12-21(13-15-22)27-29-24-9-5-4-8-23(24)28(30-27)32-18-16-31(17-19-32)25-10-6-7-11-26(25)33-2/h4-15H,3,16-20H2,1-2H3. The van der Waals surface area contributed by atoms with E-state index in [0.29, 0.717) is 0 Å².